The summed E-state index contributed by atoms with van der Waals surface area (Å²) in [5.74, 6) is -0.496. The molecule has 1 heterocycles. The van der Waals surface area contributed by atoms with E-state index in [0.717, 1.165) is 6.20 Å². The Morgan fingerprint density at radius 1 is 1.40 bits per heavy atom. The minimum Gasteiger partial charge on any atom is -0.481 e. The Kier molecular flexibility index (Phi) is 4.02. The average Bonchev–Trinajstić information content (AvgIpc) is 2.30. The third-order valence-corrected chi connectivity index (χ3v) is 3.80. The van der Waals surface area contributed by atoms with Crippen LogP contribution in [0.4, 0.5) is 11.5 Å². The summed E-state index contributed by atoms with van der Waals surface area (Å²) in [6, 6.07) is 1.40. The van der Waals surface area contributed by atoms with E-state index in [2.05, 4.69) is 10.3 Å². The first kappa shape index (κ1) is 15.9. The lowest BCUT2D eigenvalue weighted by atomic mass is 9.74. The maximum atomic E-state index is 11.3. The molecule has 0 amide bonds. The molecule has 0 bridgehead atoms. The van der Waals surface area contributed by atoms with Gasteiger partial charge >= 0.3 is 5.97 Å². The first-order valence-electron chi connectivity index (χ1n) is 6.11. The van der Waals surface area contributed by atoms with Crippen molar-refractivity contribution in [3.05, 3.63) is 27.9 Å². The van der Waals surface area contributed by atoms with Gasteiger partial charge in [-0.1, -0.05) is 0 Å². The van der Waals surface area contributed by atoms with E-state index in [9.17, 15) is 20.0 Å². The number of carboxylic acid groups (broad SMARTS) is 1. The minimum atomic E-state index is -1.04. The van der Waals surface area contributed by atoms with Crippen molar-refractivity contribution >= 4 is 17.5 Å². The molecule has 0 saturated heterocycles. The smallest absolute Gasteiger partial charge is 0.311 e. The molecule has 0 spiro atoms. The highest BCUT2D eigenvalue weighted by Crippen LogP contribution is 2.34. The molecule has 0 unspecified atom stereocenters. The highest BCUT2D eigenvalue weighted by Gasteiger charge is 2.43. The van der Waals surface area contributed by atoms with Crippen LogP contribution in [0.15, 0.2) is 12.3 Å². The van der Waals surface area contributed by atoms with E-state index < -0.39 is 21.8 Å². The van der Waals surface area contributed by atoms with Gasteiger partial charge in [0.15, 0.2) is 0 Å². The Morgan fingerprint density at radius 2 is 1.95 bits per heavy atom. The molecule has 0 fully saturated rings. The van der Waals surface area contributed by atoms with Crippen LogP contribution in [0.5, 0.6) is 0 Å². The molecule has 7 heteroatoms. The number of hydrogen-bond donors (Lipinski definition) is 2. The van der Waals surface area contributed by atoms with Crippen LogP contribution in [-0.4, -0.2) is 26.5 Å². The number of nitrogens with one attached hydrogen (secondary N) is 1. The molecule has 0 saturated carbocycles. The number of aryl methyl sites for hydroxylation is 1. The zero-order valence-electron chi connectivity index (χ0n) is 12.2. The number of anilines is 1. The molecule has 0 aliphatic rings. The molecular weight excluding hydrogens is 262 g/mol. The fourth-order valence-electron chi connectivity index (χ4n) is 1.51. The number of carbonyl (C=O) groups is 1. The van der Waals surface area contributed by atoms with E-state index in [1.165, 1.54) is 6.07 Å². The second kappa shape index (κ2) is 5.07. The molecular formula is C13H19N3O4. The quantitative estimate of drug-likeness (QED) is 0.634. The second-order valence-electron chi connectivity index (χ2n) is 5.80. The van der Waals surface area contributed by atoms with Gasteiger partial charge in [-0.3, -0.25) is 14.9 Å². The van der Waals surface area contributed by atoms with Crippen molar-refractivity contribution < 1.29 is 14.8 Å². The molecule has 20 heavy (non-hydrogen) atoms. The number of nitrogens with zero attached hydrogens (tertiary/aromatic N) is 2. The first-order chi connectivity index (χ1) is 8.99. The van der Waals surface area contributed by atoms with Gasteiger partial charge in [0.05, 0.1) is 10.3 Å². The number of rotatable bonds is 5. The lowest BCUT2D eigenvalue weighted by Crippen LogP contribution is -2.50. The second-order valence-corrected chi connectivity index (χ2v) is 5.80. The molecule has 0 aliphatic carbocycles. The van der Waals surface area contributed by atoms with E-state index in [-0.39, 0.29) is 5.69 Å². The van der Waals surface area contributed by atoms with Gasteiger partial charge < -0.3 is 10.4 Å². The number of nitro groups is 1. The van der Waals surface area contributed by atoms with Crippen LogP contribution in [-0.2, 0) is 4.79 Å². The minimum absolute atomic E-state index is 0.0941. The van der Waals surface area contributed by atoms with Crippen molar-refractivity contribution in [2.45, 2.75) is 40.2 Å². The monoisotopic (exact) mass is 281 g/mol. The average molecular weight is 281 g/mol. The molecule has 0 aromatic carbocycles. The van der Waals surface area contributed by atoms with Gasteiger partial charge in [-0.2, -0.15) is 0 Å². The Bertz CT molecular complexity index is 553. The summed E-state index contributed by atoms with van der Waals surface area (Å²) < 4.78 is 0. The standard InChI is InChI=1S/C13H19N3O4/c1-8-6-9(16(19)20)7-14-10(8)15-13(4,5)12(2,3)11(17)18/h6-7H,1-5H3,(H,14,15)(H,17,18). The maximum absolute atomic E-state index is 11.3. The van der Waals surface area contributed by atoms with Gasteiger partial charge in [0.25, 0.3) is 5.69 Å². The fraction of sp³-hybridized carbons (Fsp3) is 0.538. The largest absolute Gasteiger partial charge is 0.481 e. The molecule has 1 rings (SSSR count). The third-order valence-electron chi connectivity index (χ3n) is 3.80. The van der Waals surface area contributed by atoms with Gasteiger partial charge in [-0.15, -0.1) is 0 Å². The Morgan fingerprint density at radius 3 is 2.35 bits per heavy atom. The predicted octanol–water partition coefficient (Wildman–Crippen LogP) is 2.60. The number of aliphatic carboxylic acids is 1. The van der Waals surface area contributed by atoms with Crippen LogP contribution in [0.3, 0.4) is 0 Å². The lowest BCUT2D eigenvalue weighted by molar-refractivity contribution is -0.385. The van der Waals surface area contributed by atoms with Crippen LogP contribution in [0.25, 0.3) is 0 Å². The van der Waals surface area contributed by atoms with E-state index in [1.54, 1.807) is 34.6 Å². The van der Waals surface area contributed by atoms with Gasteiger partial charge in [0.1, 0.15) is 12.0 Å². The summed E-state index contributed by atoms with van der Waals surface area (Å²) in [6.07, 6.45) is 1.15. The van der Waals surface area contributed by atoms with Gasteiger partial charge in [-0.05, 0) is 40.2 Å². The number of pyridine rings is 1. The van der Waals surface area contributed by atoms with Crippen molar-refractivity contribution in [3.8, 4) is 0 Å². The summed E-state index contributed by atoms with van der Waals surface area (Å²) in [4.78, 5) is 25.5. The highest BCUT2D eigenvalue weighted by atomic mass is 16.6. The molecule has 7 nitrogen and oxygen atoms in total. The van der Waals surface area contributed by atoms with Crippen molar-refractivity contribution in [1.82, 2.24) is 4.98 Å². The molecule has 1 aromatic heterocycles. The van der Waals surface area contributed by atoms with Crippen LogP contribution in [0.1, 0.15) is 33.3 Å². The summed E-state index contributed by atoms with van der Waals surface area (Å²) >= 11 is 0. The van der Waals surface area contributed by atoms with Crippen molar-refractivity contribution in [3.63, 3.8) is 0 Å². The Hall–Kier alpha value is -2.18. The van der Waals surface area contributed by atoms with Crippen LogP contribution in [0.2, 0.25) is 0 Å². The van der Waals surface area contributed by atoms with Crippen molar-refractivity contribution in [2.75, 3.05) is 5.32 Å². The molecule has 0 radical (unpaired) electrons. The van der Waals surface area contributed by atoms with Crippen molar-refractivity contribution in [2.24, 2.45) is 5.41 Å². The van der Waals surface area contributed by atoms with Crippen LogP contribution >= 0.6 is 0 Å². The first-order valence-corrected chi connectivity index (χ1v) is 6.11. The number of aromatic nitrogens is 1. The summed E-state index contributed by atoms with van der Waals surface area (Å²) in [5.41, 5.74) is -1.33. The summed E-state index contributed by atoms with van der Waals surface area (Å²) in [7, 11) is 0. The highest BCUT2D eigenvalue weighted by molar-refractivity contribution is 5.76. The van der Waals surface area contributed by atoms with E-state index >= 15 is 0 Å². The topological polar surface area (TPSA) is 105 Å². The van der Waals surface area contributed by atoms with Gasteiger partial charge in [0, 0.05) is 11.6 Å². The van der Waals surface area contributed by atoms with Crippen LogP contribution in [0, 0.1) is 22.5 Å². The van der Waals surface area contributed by atoms with Crippen molar-refractivity contribution in [1.29, 1.82) is 0 Å². The zero-order chi connectivity index (χ0) is 15.7. The van der Waals surface area contributed by atoms with E-state index in [1.807, 2.05) is 0 Å². The van der Waals surface area contributed by atoms with E-state index in [0.29, 0.717) is 11.4 Å². The van der Waals surface area contributed by atoms with Crippen LogP contribution < -0.4 is 5.32 Å². The summed E-state index contributed by atoms with van der Waals surface area (Å²) in [5, 5.41) is 23.0. The van der Waals surface area contributed by atoms with E-state index in [4.69, 9.17) is 0 Å². The molecule has 2 N–H and O–H groups in total. The maximum Gasteiger partial charge on any atom is 0.311 e. The summed E-state index contributed by atoms with van der Waals surface area (Å²) in [6.45, 7) is 8.42. The van der Waals surface area contributed by atoms with Gasteiger partial charge in [-0.25, -0.2) is 4.98 Å². The SMILES string of the molecule is Cc1cc([N+](=O)[O-])cnc1NC(C)(C)C(C)(C)C(=O)O. The molecule has 1 aromatic rings. The zero-order valence-corrected chi connectivity index (χ0v) is 12.2. The molecule has 110 valence electrons. The number of carboxylic acids is 1. The molecule has 0 atom stereocenters. The molecule has 0 aliphatic heterocycles. The third kappa shape index (κ3) is 2.87. The normalized spacial score (nSPS) is 12.1. The van der Waals surface area contributed by atoms with Gasteiger partial charge in [0.2, 0.25) is 0 Å². The predicted molar refractivity (Wildman–Crippen MR) is 74.7 cm³/mol. The Balaban J connectivity index is 3.10. The fourth-order valence-corrected chi connectivity index (χ4v) is 1.51. The Labute approximate surface area is 117 Å². The lowest BCUT2D eigenvalue weighted by Gasteiger charge is -2.39. The number of hydrogen-bond acceptors (Lipinski definition) is 5.